The number of rotatable bonds is 6. The number of carbonyl (C=O) groups excluding carboxylic acids is 1. The summed E-state index contributed by atoms with van der Waals surface area (Å²) < 4.78 is 11.0. The summed E-state index contributed by atoms with van der Waals surface area (Å²) in [5.74, 6) is 1.58. The van der Waals surface area contributed by atoms with Crippen LogP contribution < -0.4 is 10.1 Å². The van der Waals surface area contributed by atoms with Crippen LogP contribution >= 0.6 is 0 Å². The summed E-state index contributed by atoms with van der Waals surface area (Å²) in [6.07, 6.45) is 2.36. The largest absolute Gasteiger partial charge is 0.489 e. The van der Waals surface area contributed by atoms with Crippen LogP contribution in [0.2, 0.25) is 0 Å². The van der Waals surface area contributed by atoms with Crippen LogP contribution in [0.4, 0.5) is 0 Å². The normalized spacial score (nSPS) is 15.3. The third-order valence-corrected chi connectivity index (χ3v) is 5.32. The van der Waals surface area contributed by atoms with Crippen molar-refractivity contribution in [1.82, 2.24) is 10.5 Å². The molecule has 3 aromatic rings. The van der Waals surface area contributed by atoms with Crippen molar-refractivity contribution < 1.29 is 14.1 Å². The lowest BCUT2D eigenvalue weighted by Gasteiger charge is -2.14. The molecule has 1 atom stereocenters. The van der Waals surface area contributed by atoms with Crippen molar-refractivity contribution in [2.45, 2.75) is 45.8 Å². The number of aryl methyl sites for hydroxylation is 3. The van der Waals surface area contributed by atoms with Gasteiger partial charge in [-0.3, -0.25) is 4.79 Å². The van der Waals surface area contributed by atoms with Crippen LogP contribution in [-0.4, -0.2) is 11.1 Å². The average Bonchev–Trinajstić information content (AvgIpc) is 3.25. The van der Waals surface area contributed by atoms with Crippen molar-refractivity contribution in [2.24, 2.45) is 0 Å². The Morgan fingerprint density at radius 2 is 1.96 bits per heavy atom. The second-order valence-corrected chi connectivity index (χ2v) is 7.27. The molecule has 0 bridgehead atoms. The summed E-state index contributed by atoms with van der Waals surface area (Å²) >= 11 is 0. The van der Waals surface area contributed by atoms with Gasteiger partial charge in [0.25, 0.3) is 0 Å². The van der Waals surface area contributed by atoms with Crippen LogP contribution in [0.25, 0.3) is 0 Å². The molecule has 5 nitrogen and oxygen atoms in total. The van der Waals surface area contributed by atoms with Crippen LogP contribution in [0.1, 0.15) is 46.2 Å². The van der Waals surface area contributed by atoms with Gasteiger partial charge >= 0.3 is 0 Å². The Labute approximate surface area is 164 Å². The van der Waals surface area contributed by atoms with Crippen molar-refractivity contribution in [3.8, 4) is 5.75 Å². The third kappa shape index (κ3) is 3.93. The van der Waals surface area contributed by atoms with Crippen molar-refractivity contribution in [1.29, 1.82) is 0 Å². The van der Waals surface area contributed by atoms with Crippen molar-refractivity contribution >= 4 is 5.91 Å². The Morgan fingerprint density at radius 1 is 1.18 bits per heavy atom. The molecule has 4 rings (SSSR count). The van der Waals surface area contributed by atoms with E-state index < -0.39 is 0 Å². The van der Waals surface area contributed by atoms with Gasteiger partial charge in [0, 0.05) is 0 Å². The molecule has 1 aromatic heterocycles. The SMILES string of the molecule is Cc1noc(C)c1COc1ccc(CC(=O)N[C@H]2CCc3ccccc32)cc1. The van der Waals surface area contributed by atoms with Gasteiger partial charge in [0.1, 0.15) is 18.1 Å². The summed E-state index contributed by atoms with van der Waals surface area (Å²) in [6.45, 7) is 4.20. The van der Waals surface area contributed by atoms with Gasteiger partial charge in [0.15, 0.2) is 0 Å². The van der Waals surface area contributed by atoms with Crippen molar-refractivity contribution in [3.63, 3.8) is 0 Å². The predicted octanol–water partition coefficient (Wildman–Crippen LogP) is 4.22. The number of carbonyl (C=O) groups is 1. The molecule has 0 unspecified atom stereocenters. The molecule has 1 aliphatic carbocycles. The van der Waals surface area contributed by atoms with Crippen LogP contribution in [0, 0.1) is 13.8 Å². The van der Waals surface area contributed by atoms with Crippen LogP contribution in [0.3, 0.4) is 0 Å². The minimum atomic E-state index is 0.0473. The van der Waals surface area contributed by atoms with E-state index in [-0.39, 0.29) is 11.9 Å². The van der Waals surface area contributed by atoms with E-state index in [2.05, 4.69) is 28.7 Å². The zero-order chi connectivity index (χ0) is 19.5. The fourth-order valence-electron chi connectivity index (χ4n) is 3.70. The Bertz CT molecular complexity index is 956. The Balaban J connectivity index is 1.31. The predicted molar refractivity (Wildman–Crippen MR) is 106 cm³/mol. The minimum Gasteiger partial charge on any atom is -0.489 e. The lowest BCUT2D eigenvalue weighted by Crippen LogP contribution is -2.28. The topological polar surface area (TPSA) is 64.4 Å². The summed E-state index contributed by atoms with van der Waals surface area (Å²) in [4.78, 5) is 12.5. The van der Waals surface area contributed by atoms with E-state index >= 15 is 0 Å². The summed E-state index contributed by atoms with van der Waals surface area (Å²) in [5.41, 5.74) is 5.37. The molecule has 0 saturated heterocycles. The number of nitrogens with one attached hydrogen (secondary N) is 1. The van der Waals surface area contributed by atoms with Crippen LogP contribution in [-0.2, 0) is 24.2 Å². The monoisotopic (exact) mass is 376 g/mol. The molecule has 0 radical (unpaired) electrons. The van der Waals surface area contributed by atoms with Crippen molar-refractivity contribution in [2.75, 3.05) is 0 Å². The number of fused-ring (bicyclic) bond motifs is 1. The highest BCUT2D eigenvalue weighted by molar-refractivity contribution is 5.79. The first kappa shape index (κ1) is 18.3. The molecular weight excluding hydrogens is 352 g/mol. The van der Waals surface area contributed by atoms with Crippen LogP contribution in [0.15, 0.2) is 53.1 Å². The molecule has 1 aliphatic rings. The molecule has 0 aliphatic heterocycles. The molecule has 28 heavy (non-hydrogen) atoms. The molecule has 5 heteroatoms. The maximum absolute atomic E-state index is 12.5. The second kappa shape index (κ2) is 7.89. The number of ether oxygens (including phenoxy) is 1. The smallest absolute Gasteiger partial charge is 0.224 e. The number of amides is 1. The van der Waals surface area contributed by atoms with Crippen molar-refractivity contribution in [3.05, 3.63) is 82.2 Å². The van der Waals surface area contributed by atoms with E-state index in [1.807, 2.05) is 44.2 Å². The number of hydrogen-bond donors (Lipinski definition) is 1. The summed E-state index contributed by atoms with van der Waals surface area (Å²) in [6, 6.07) is 16.1. The Hall–Kier alpha value is -3.08. The molecule has 144 valence electrons. The van der Waals surface area contributed by atoms with Gasteiger partial charge in [-0.1, -0.05) is 41.6 Å². The van der Waals surface area contributed by atoms with Gasteiger partial charge in [-0.15, -0.1) is 0 Å². The quantitative estimate of drug-likeness (QED) is 0.700. The molecule has 2 aromatic carbocycles. The zero-order valence-electron chi connectivity index (χ0n) is 16.2. The first-order valence-corrected chi connectivity index (χ1v) is 9.61. The average molecular weight is 376 g/mol. The standard InChI is InChI=1S/C23H24N2O3/c1-15-21(16(2)28-25-15)14-27-19-10-7-17(8-11-19)13-23(26)24-22-12-9-18-5-3-4-6-20(18)22/h3-8,10-11,22H,9,12-14H2,1-2H3,(H,24,26)/t22-/m0/s1. The number of nitrogens with zero attached hydrogens (tertiary/aromatic N) is 1. The molecule has 1 N–H and O–H groups in total. The van der Waals surface area contributed by atoms with Crippen LogP contribution in [0.5, 0.6) is 5.75 Å². The van der Waals surface area contributed by atoms with E-state index in [1.54, 1.807) is 0 Å². The summed E-state index contributed by atoms with van der Waals surface area (Å²) in [5, 5.41) is 7.10. The first-order chi connectivity index (χ1) is 13.6. The van der Waals surface area contributed by atoms with E-state index in [0.29, 0.717) is 13.0 Å². The highest BCUT2D eigenvalue weighted by Crippen LogP contribution is 2.30. The maximum Gasteiger partial charge on any atom is 0.224 e. The van der Waals surface area contributed by atoms with E-state index in [4.69, 9.17) is 9.26 Å². The van der Waals surface area contributed by atoms with Gasteiger partial charge in [-0.05, 0) is 55.5 Å². The minimum absolute atomic E-state index is 0.0473. The fourth-order valence-corrected chi connectivity index (χ4v) is 3.70. The zero-order valence-corrected chi connectivity index (χ0v) is 16.2. The van der Waals surface area contributed by atoms with Gasteiger partial charge in [-0.2, -0.15) is 0 Å². The number of benzene rings is 2. The highest BCUT2D eigenvalue weighted by Gasteiger charge is 2.23. The first-order valence-electron chi connectivity index (χ1n) is 9.61. The molecule has 0 saturated carbocycles. The Kier molecular flexibility index (Phi) is 5.15. The van der Waals surface area contributed by atoms with E-state index in [9.17, 15) is 4.79 Å². The molecule has 0 fully saturated rings. The van der Waals surface area contributed by atoms with E-state index in [0.717, 1.165) is 41.2 Å². The summed E-state index contributed by atoms with van der Waals surface area (Å²) in [7, 11) is 0. The molecule has 1 amide bonds. The molecular formula is C23H24N2O3. The molecule has 1 heterocycles. The lowest BCUT2D eigenvalue weighted by molar-refractivity contribution is -0.121. The fraction of sp³-hybridized carbons (Fsp3) is 0.304. The van der Waals surface area contributed by atoms with Gasteiger partial charge in [0.2, 0.25) is 5.91 Å². The van der Waals surface area contributed by atoms with Gasteiger partial charge < -0.3 is 14.6 Å². The molecule has 0 spiro atoms. The highest BCUT2D eigenvalue weighted by atomic mass is 16.5. The number of hydrogen-bond acceptors (Lipinski definition) is 4. The Morgan fingerprint density at radius 3 is 2.71 bits per heavy atom. The lowest BCUT2D eigenvalue weighted by atomic mass is 10.1. The van der Waals surface area contributed by atoms with Gasteiger partial charge in [0.05, 0.1) is 23.7 Å². The third-order valence-electron chi connectivity index (χ3n) is 5.32. The van der Waals surface area contributed by atoms with E-state index in [1.165, 1.54) is 11.1 Å². The number of aromatic nitrogens is 1. The second-order valence-electron chi connectivity index (χ2n) is 7.27. The van der Waals surface area contributed by atoms with Gasteiger partial charge in [-0.25, -0.2) is 0 Å². The maximum atomic E-state index is 12.5.